The molecule has 0 aliphatic heterocycles. The normalized spacial score (nSPS) is 13.2. The van der Waals surface area contributed by atoms with E-state index in [1.165, 1.54) is 15.8 Å². The Balaban J connectivity index is 1.57. The molecule has 1 aliphatic carbocycles. The quantitative estimate of drug-likeness (QED) is 0.636. The molecule has 1 aliphatic rings. The Labute approximate surface area is 163 Å². The van der Waals surface area contributed by atoms with E-state index >= 15 is 0 Å². The second kappa shape index (κ2) is 6.96. The molecule has 2 aromatic heterocycles. The van der Waals surface area contributed by atoms with Crippen LogP contribution in [0.2, 0.25) is 0 Å². The van der Waals surface area contributed by atoms with Gasteiger partial charge < -0.3 is 4.90 Å². The summed E-state index contributed by atoms with van der Waals surface area (Å²) in [5.41, 5.74) is 2.07. The summed E-state index contributed by atoms with van der Waals surface area (Å²) in [7, 11) is 1.75. The SMILES string of the molecule is CN(Cc1ccccc1Br)C(=O)Cn1cnc2sc3c(c2c1=O)CCC3. The minimum absolute atomic E-state index is 0.00729. The van der Waals surface area contributed by atoms with Crippen molar-refractivity contribution in [3.8, 4) is 0 Å². The van der Waals surface area contributed by atoms with Crippen molar-refractivity contribution >= 4 is 43.4 Å². The number of hydrogen-bond donors (Lipinski definition) is 0. The van der Waals surface area contributed by atoms with Crippen LogP contribution in [0.15, 0.2) is 39.9 Å². The summed E-state index contributed by atoms with van der Waals surface area (Å²) in [6.07, 6.45) is 4.56. The number of aromatic nitrogens is 2. The van der Waals surface area contributed by atoms with Gasteiger partial charge in [0.25, 0.3) is 5.56 Å². The van der Waals surface area contributed by atoms with Gasteiger partial charge >= 0.3 is 0 Å². The van der Waals surface area contributed by atoms with Gasteiger partial charge in [-0.05, 0) is 36.5 Å². The molecule has 0 saturated heterocycles. The number of thiophene rings is 1. The van der Waals surface area contributed by atoms with Crippen LogP contribution in [-0.2, 0) is 30.7 Å². The molecule has 5 nitrogen and oxygen atoms in total. The smallest absolute Gasteiger partial charge is 0.262 e. The summed E-state index contributed by atoms with van der Waals surface area (Å²) in [6, 6.07) is 7.81. The Kier molecular flexibility index (Phi) is 4.67. The van der Waals surface area contributed by atoms with Crippen molar-refractivity contribution in [2.45, 2.75) is 32.4 Å². The number of rotatable bonds is 4. The number of carbonyl (C=O) groups excluding carboxylic acids is 1. The molecule has 0 saturated carbocycles. The Morgan fingerprint density at radius 1 is 1.35 bits per heavy atom. The molecule has 0 radical (unpaired) electrons. The average molecular weight is 432 g/mol. The van der Waals surface area contributed by atoms with E-state index in [0.29, 0.717) is 11.9 Å². The van der Waals surface area contributed by atoms with Crippen molar-refractivity contribution in [2.75, 3.05) is 7.05 Å². The molecule has 0 spiro atoms. The van der Waals surface area contributed by atoms with Crippen molar-refractivity contribution in [3.05, 3.63) is 61.4 Å². The molecule has 0 fully saturated rings. The Morgan fingerprint density at radius 2 is 2.15 bits per heavy atom. The Morgan fingerprint density at radius 3 is 2.96 bits per heavy atom. The molecule has 1 aromatic carbocycles. The molecule has 0 atom stereocenters. The van der Waals surface area contributed by atoms with Crippen LogP contribution >= 0.6 is 27.3 Å². The first kappa shape index (κ1) is 17.4. The van der Waals surface area contributed by atoms with Gasteiger partial charge in [0.2, 0.25) is 5.91 Å². The fourth-order valence-electron chi connectivity index (χ4n) is 3.37. The predicted molar refractivity (Wildman–Crippen MR) is 107 cm³/mol. The molecular formula is C19H18BrN3O2S. The van der Waals surface area contributed by atoms with Gasteiger partial charge in [0.1, 0.15) is 11.4 Å². The molecule has 1 amide bonds. The largest absolute Gasteiger partial charge is 0.340 e. The van der Waals surface area contributed by atoms with Crippen LogP contribution in [0, 0.1) is 0 Å². The average Bonchev–Trinajstić information content (AvgIpc) is 3.20. The first-order chi connectivity index (χ1) is 12.5. The maximum atomic E-state index is 12.9. The van der Waals surface area contributed by atoms with E-state index in [2.05, 4.69) is 20.9 Å². The highest BCUT2D eigenvalue weighted by Gasteiger charge is 2.22. The third kappa shape index (κ3) is 3.10. The number of hydrogen-bond acceptors (Lipinski definition) is 4. The summed E-state index contributed by atoms with van der Waals surface area (Å²) < 4.78 is 2.40. The van der Waals surface area contributed by atoms with Gasteiger partial charge in [-0.2, -0.15) is 0 Å². The summed E-state index contributed by atoms with van der Waals surface area (Å²) in [6.45, 7) is 0.492. The summed E-state index contributed by atoms with van der Waals surface area (Å²) in [4.78, 5) is 33.6. The number of nitrogens with zero attached hydrogens (tertiary/aromatic N) is 3. The van der Waals surface area contributed by atoms with Gasteiger partial charge in [-0.3, -0.25) is 14.2 Å². The monoisotopic (exact) mass is 431 g/mol. The Bertz CT molecular complexity index is 1060. The summed E-state index contributed by atoms with van der Waals surface area (Å²) >= 11 is 5.11. The van der Waals surface area contributed by atoms with E-state index in [0.717, 1.165) is 39.7 Å². The van der Waals surface area contributed by atoms with Crippen LogP contribution < -0.4 is 5.56 Å². The van der Waals surface area contributed by atoms with Crippen LogP contribution in [0.25, 0.3) is 10.2 Å². The number of amides is 1. The fourth-order valence-corrected chi connectivity index (χ4v) is 5.00. The highest BCUT2D eigenvalue weighted by atomic mass is 79.9. The van der Waals surface area contributed by atoms with E-state index in [1.807, 2.05) is 24.3 Å². The molecule has 0 bridgehead atoms. The fraction of sp³-hybridized carbons (Fsp3) is 0.316. The van der Waals surface area contributed by atoms with E-state index in [9.17, 15) is 9.59 Å². The maximum absolute atomic E-state index is 12.9. The second-order valence-electron chi connectivity index (χ2n) is 6.56. The minimum Gasteiger partial charge on any atom is -0.340 e. The molecule has 0 unspecified atom stereocenters. The highest BCUT2D eigenvalue weighted by molar-refractivity contribution is 9.10. The van der Waals surface area contributed by atoms with Crippen LogP contribution in [-0.4, -0.2) is 27.4 Å². The van der Waals surface area contributed by atoms with E-state index < -0.39 is 0 Å². The van der Waals surface area contributed by atoms with Crippen LogP contribution in [0.4, 0.5) is 0 Å². The molecular weight excluding hydrogens is 414 g/mol. The summed E-state index contributed by atoms with van der Waals surface area (Å²) in [5.74, 6) is -0.115. The van der Waals surface area contributed by atoms with Crippen molar-refractivity contribution in [1.82, 2.24) is 14.5 Å². The van der Waals surface area contributed by atoms with E-state index in [-0.39, 0.29) is 18.0 Å². The zero-order valence-electron chi connectivity index (χ0n) is 14.4. The van der Waals surface area contributed by atoms with Gasteiger partial charge in [0, 0.05) is 22.9 Å². The minimum atomic E-state index is -0.115. The number of benzene rings is 1. The van der Waals surface area contributed by atoms with Crippen LogP contribution in [0.5, 0.6) is 0 Å². The Hall–Kier alpha value is -1.99. The molecule has 134 valence electrons. The zero-order chi connectivity index (χ0) is 18.3. The topological polar surface area (TPSA) is 55.2 Å². The van der Waals surface area contributed by atoms with Gasteiger partial charge in [0.15, 0.2) is 0 Å². The van der Waals surface area contributed by atoms with Crippen molar-refractivity contribution in [2.24, 2.45) is 0 Å². The lowest BCUT2D eigenvalue weighted by atomic mass is 10.2. The van der Waals surface area contributed by atoms with Crippen LogP contribution in [0.3, 0.4) is 0 Å². The first-order valence-electron chi connectivity index (χ1n) is 8.51. The van der Waals surface area contributed by atoms with Gasteiger partial charge in [-0.1, -0.05) is 34.1 Å². The number of likely N-dealkylation sites (N-methyl/N-ethyl adjacent to an activating group) is 1. The standard InChI is InChI=1S/C19H18BrN3O2S/c1-22(9-12-5-2-3-7-14(12)20)16(24)10-23-11-21-18-17(19(23)25)13-6-4-8-15(13)26-18/h2-3,5,7,11H,4,6,8-10H2,1H3. The lowest BCUT2D eigenvalue weighted by Crippen LogP contribution is -2.33. The third-order valence-electron chi connectivity index (χ3n) is 4.79. The maximum Gasteiger partial charge on any atom is 0.262 e. The van der Waals surface area contributed by atoms with E-state index in [4.69, 9.17) is 0 Å². The lowest BCUT2D eigenvalue weighted by Gasteiger charge is -2.18. The molecule has 0 N–H and O–H groups in total. The van der Waals surface area contributed by atoms with Gasteiger partial charge in [0.05, 0.1) is 11.7 Å². The summed E-state index contributed by atoms with van der Waals surface area (Å²) in [5, 5.41) is 0.714. The number of fused-ring (bicyclic) bond motifs is 3. The van der Waals surface area contributed by atoms with Crippen molar-refractivity contribution < 1.29 is 4.79 Å². The zero-order valence-corrected chi connectivity index (χ0v) is 16.8. The number of carbonyl (C=O) groups is 1. The number of aryl methyl sites for hydroxylation is 2. The predicted octanol–water partition coefficient (Wildman–Crippen LogP) is 3.37. The number of halogens is 1. The van der Waals surface area contributed by atoms with Crippen molar-refractivity contribution in [3.63, 3.8) is 0 Å². The molecule has 2 heterocycles. The third-order valence-corrected chi connectivity index (χ3v) is 6.76. The molecule has 26 heavy (non-hydrogen) atoms. The highest BCUT2D eigenvalue weighted by Crippen LogP contribution is 2.34. The lowest BCUT2D eigenvalue weighted by molar-refractivity contribution is -0.131. The van der Waals surface area contributed by atoms with Crippen LogP contribution in [0.1, 0.15) is 22.4 Å². The molecule has 3 aromatic rings. The molecule has 7 heteroatoms. The van der Waals surface area contributed by atoms with Gasteiger partial charge in [-0.15, -0.1) is 11.3 Å². The second-order valence-corrected chi connectivity index (χ2v) is 8.49. The van der Waals surface area contributed by atoms with Gasteiger partial charge in [-0.25, -0.2) is 4.98 Å². The molecule has 4 rings (SSSR count). The first-order valence-corrected chi connectivity index (χ1v) is 10.1. The van der Waals surface area contributed by atoms with Crippen molar-refractivity contribution in [1.29, 1.82) is 0 Å². The van der Waals surface area contributed by atoms with E-state index in [1.54, 1.807) is 23.3 Å².